The molecule has 0 radical (unpaired) electrons. The number of amides is 2. The average Bonchev–Trinajstić information content (AvgIpc) is 3.46. The second-order valence-corrected chi connectivity index (χ2v) is 10.7. The van der Waals surface area contributed by atoms with Crippen LogP contribution in [0.4, 0.5) is 0 Å². The van der Waals surface area contributed by atoms with E-state index in [0.717, 1.165) is 25.7 Å². The summed E-state index contributed by atoms with van der Waals surface area (Å²) in [7, 11) is -3.76. The van der Waals surface area contributed by atoms with Crippen molar-refractivity contribution in [3.8, 4) is 0 Å². The second kappa shape index (κ2) is 10.3. The van der Waals surface area contributed by atoms with Crippen LogP contribution in [0.3, 0.4) is 0 Å². The maximum atomic E-state index is 12.5. The Labute approximate surface area is 196 Å². The zero-order valence-corrected chi connectivity index (χ0v) is 19.6. The van der Waals surface area contributed by atoms with Crippen molar-refractivity contribution in [3.05, 3.63) is 75.4 Å². The van der Waals surface area contributed by atoms with Gasteiger partial charge in [0.25, 0.3) is 11.8 Å². The van der Waals surface area contributed by atoms with E-state index in [4.69, 9.17) is 4.42 Å². The zero-order chi connectivity index (χ0) is 23.3. The average molecular weight is 488 g/mol. The van der Waals surface area contributed by atoms with E-state index in [-0.39, 0.29) is 22.9 Å². The van der Waals surface area contributed by atoms with Crippen LogP contribution in [0.1, 0.15) is 61.9 Å². The number of nitrogens with one attached hydrogen (secondary N) is 3. The quantitative estimate of drug-likeness (QED) is 0.460. The van der Waals surface area contributed by atoms with Crippen molar-refractivity contribution in [2.24, 2.45) is 0 Å². The maximum absolute atomic E-state index is 12.5. The number of hydrogen-bond acceptors (Lipinski definition) is 6. The van der Waals surface area contributed by atoms with Crippen molar-refractivity contribution < 1.29 is 22.4 Å². The van der Waals surface area contributed by atoms with Gasteiger partial charge in [-0.25, -0.2) is 13.1 Å². The van der Waals surface area contributed by atoms with Crippen molar-refractivity contribution in [3.63, 3.8) is 0 Å². The largest absolute Gasteiger partial charge is 0.468 e. The first kappa shape index (κ1) is 23.2. The zero-order valence-electron chi connectivity index (χ0n) is 17.9. The Morgan fingerprint density at radius 1 is 0.939 bits per heavy atom. The van der Waals surface area contributed by atoms with Gasteiger partial charge in [0.2, 0.25) is 10.0 Å². The minimum absolute atomic E-state index is 0.0191. The number of hydrazine groups is 1. The number of fused-ring (bicyclic) bond motifs is 1. The molecule has 0 aliphatic heterocycles. The summed E-state index contributed by atoms with van der Waals surface area (Å²) < 4.78 is 32.3. The molecule has 0 atom stereocenters. The third-order valence-corrected chi connectivity index (χ3v) is 8.11. The van der Waals surface area contributed by atoms with Crippen LogP contribution in [0.25, 0.3) is 0 Å². The van der Waals surface area contributed by atoms with Crippen LogP contribution in [-0.4, -0.2) is 20.2 Å². The molecular formula is C23H25N3O5S2. The van der Waals surface area contributed by atoms with Crippen molar-refractivity contribution in [1.29, 1.82) is 0 Å². The van der Waals surface area contributed by atoms with Crippen LogP contribution >= 0.6 is 11.3 Å². The lowest BCUT2D eigenvalue weighted by molar-refractivity contribution is 0.0849. The van der Waals surface area contributed by atoms with Gasteiger partial charge in [-0.15, -0.1) is 11.3 Å². The summed E-state index contributed by atoms with van der Waals surface area (Å²) in [6.45, 7) is 0.0236. The number of hydrogen-bond donors (Lipinski definition) is 3. The molecule has 2 heterocycles. The molecule has 0 fully saturated rings. The lowest BCUT2D eigenvalue weighted by Crippen LogP contribution is -2.41. The SMILES string of the molecule is O=C(NNC(=O)c1cc2c(s1)CCCCCC2)c1ccc(S(=O)(=O)NCc2ccco2)cc1. The van der Waals surface area contributed by atoms with Crippen molar-refractivity contribution in [2.75, 3.05) is 0 Å². The Kier molecular flexibility index (Phi) is 7.26. The van der Waals surface area contributed by atoms with Crippen LogP contribution in [0.15, 0.2) is 58.0 Å². The fraction of sp³-hybridized carbons (Fsp3) is 0.304. The number of rotatable bonds is 6. The summed E-state index contributed by atoms with van der Waals surface area (Å²) in [6.07, 6.45) is 8.14. The molecule has 3 aromatic rings. The van der Waals surface area contributed by atoms with E-state index in [2.05, 4.69) is 15.6 Å². The predicted octanol–water partition coefficient (Wildman–Crippen LogP) is 3.55. The predicted molar refractivity (Wildman–Crippen MR) is 124 cm³/mol. The molecule has 8 nitrogen and oxygen atoms in total. The van der Waals surface area contributed by atoms with Gasteiger partial charge in [-0.3, -0.25) is 20.4 Å². The number of carbonyl (C=O) groups is 2. The Balaban J connectivity index is 1.33. The smallest absolute Gasteiger partial charge is 0.279 e. The number of aryl methyl sites for hydroxylation is 2. The Morgan fingerprint density at radius 3 is 2.39 bits per heavy atom. The lowest BCUT2D eigenvalue weighted by Gasteiger charge is -2.08. The fourth-order valence-electron chi connectivity index (χ4n) is 3.65. The maximum Gasteiger partial charge on any atom is 0.279 e. The highest BCUT2D eigenvalue weighted by atomic mass is 32.2. The molecule has 0 saturated carbocycles. The van der Waals surface area contributed by atoms with Crippen molar-refractivity contribution >= 4 is 33.2 Å². The lowest BCUT2D eigenvalue weighted by atomic mass is 10.00. The molecule has 10 heteroatoms. The highest BCUT2D eigenvalue weighted by molar-refractivity contribution is 7.89. The van der Waals surface area contributed by atoms with Gasteiger partial charge in [0.05, 0.1) is 22.6 Å². The van der Waals surface area contributed by atoms with E-state index in [1.54, 1.807) is 12.1 Å². The molecule has 1 aromatic carbocycles. The highest BCUT2D eigenvalue weighted by Gasteiger charge is 2.18. The molecule has 2 amide bonds. The third-order valence-electron chi connectivity index (χ3n) is 5.45. The number of carbonyl (C=O) groups excluding carboxylic acids is 2. The van der Waals surface area contributed by atoms with Gasteiger partial charge in [0.15, 0.2) is 0 Å². The molecule has 2 aromatic heterocycles. The molecule has 0 unspecified atom stereocenters. The standard InChI is InChI=1S/C23H25N3O5S2/c27-22(25-26-23(28)21-14-17-6-3-1-2-4-8-20(17)32-21)16-9-11-19(12-10-16)33(29,30)24-15-18-7-5-13-31-18/h5,7,9-14,24H,1-4,6,8,15H2,(H,25,27)(H,26,28). The Morgan fingerprint density at radius 2 is 1.67 bits per heavy atom. The first-order chi connectivity index (χ1) is 15.9. The van der Waals surface area contributed by atoms with E-state index in [9.17, 15) is 18.0 Å². The molecule has 0 spiro atoms. The van der Waals surface area contributed by atoms with Crippen LogP contribution in [-0.2, 0) is 29.4 Å². The van der Waals surface area contributed by atoms with E-state index >= 15 is 0 Å². The third kappa shape index (κ3) is 5.89. The molecule has 0 bridgehead atoms. The number of benzene rings is 1. The molecule has 174 valence electrons. The topological polar surface area (TPSA) is 118 Å². The highest BCUT2D eigenvalue weighted by Crippen LogP contribution is 2.28. The molecule has 0 saturated heterocycles. The molecule has 33 heavy (non-hydrogen) atoms. The summed E-state index contributed by atoms with van der Waals surface area (Å²) in [5.74, 6) is -0.407. The summed E-state index contributed by atoms with van der Waals surface area (Å²) >= 11 is 1.48. The van der Waals surface area contributed by atoms with Gasteiger partial charge in [-0.05, 0) is 73.7 Å². The molecule has 1 aliphatic carbocycles. The van der Waals surface area contributed by atoms with Gasteiger partial charge in [0, 0.05) is 10.4 Å². The minimum Gasteiger partial charge on any atom is -0.468 e. The van der Waals surface area contributed by atoms with E-state index in [1.165, 1.54) is 65.1 Å². The van der Waals surface area contributed by atoms with Crippen molar-refractivity contribution in [1.82, 2.24) is 15.6 Å². The van der Waals surface area contributed by atoms with Gasteiger partial charge in [0.1, 0.15) is 5.76 Å². The number of thiophene rings is 1. The summed E-state index contributed by atoms with van der Waals surface area (Å²) in [6, 6.07) is 10.7. The van der Waals surface area contributed by atoms with Crippen molar-refractivity contribution in [2.45, 2.75) is 50.0 Å². The number of sulfonamides is 1. The summed E-state index contributed by atoms with van der Waals surface area (Å²) in [5.41, 5.74) is 6.30. The van der Waals surface area contributed by atoms with Crippen LogP contribution in [0.5, 0.6) is 0 Å². The molecular weight excluding hydrogens is 462 g/mol. The Hall–Kier alpha value is -2.95. The van der Waals surface area contributed by atoms with E-state index in [1.807, 2.05) is 6.07 Å². The number of furan rings is 1. The van der Waals surface area contributed by atoms with Gasteiger partial charge in [-0.1, -0.05) is 12.8 Å². The summed E-state index contributed by atoms with van der Waals surface area (Å²) in [5, 5.41) is 0. The first-order valence-corrected chi connectivity index (χ1v) is 13.1. The monoisotopic (exact) mass is 487 g/mol. The fourth-order valence-corrected chi connectivity index (χ4v) is 5.79. The van der Waals surface area contributed by atoms with E-state index < -0.39 is 15.9 Å². The summed E-state index contributed by atoms with van der Waals surface area (Å²) in [4.78, 5) is 26.8. The first-order valence-electron chi connectivity index (χ1n) is 10.8. The van der Waals surface area contributed by atoms with Crippen LogP contribution in [0, 0.1) is 0 Å². The molecule has 3 N–H and O–H groups in total. The second-order valence-electron chi connectivity index (χ2n) is 7.81. The van der Waals surface area contributed by atoms with Crippen LogP contribution in [0.2, 0.25) is 0 Å². The normalized spacial score (nSPS) is 14.1. The van der Waals surface area contributed by atoms with Gasteiger partial charge < -0.3 is 4.42 Å². The van der Waals surface area contributed by atoms with E-state index in [0.29, 0.717) is 10.6 Å². The minimum atomic E-state index is -3.76. The van der Waals surface area contributed by atoms with Gasteiger partial charge >= 0.3 is 0 Å². The molecule has 1 aliphatic rings. The Bertz CT molecular complexity index is 1190. The van der Waals surface area contributed by atoms with Gasteiger partial charge in [-0.2, -0.15) is 0 Å². The van der Waals surface area contributed by atoms with Crippen LogP contribution < -0.4 is 15.6 Å². The molecule has 4 rings (SSSR count).